The van der Waals surface area contributed by atoms with Gasteiger partial charge in [0.1, 0.15) is 0 Å². The summed E-state index contributed by atoms with van der Waals surface area (Å²) in [5.41, 5.74) is 5.05. The highest BCUT2D eigenvalue weighted by molar-refractivity contribution is 7.89. The van der Waals surface area contributed by atoms with Gasteiger partial charge in [0.2, 0.25) is 10.0 Å². The molecule has 0 aromatic heterocycles. The van der Waals surface area contributed by atoms with E-state index >= 15 is 0 Å². The lowest BCUT2D eigenvalue weighted by molar-refractivity contribution is -0.148. The molecule has 184 valence electrons. The van der Waals surface area contributed by atoms with Crippen molar-refractivity contribution in [2.45, 2.75) is 52.5 Å². The maximum atomic E-state index is 12.9. The first kappa shape index (κ1) is 27.0. The Morgan fingerprint density at radius 2 is 1.41 bits per heavy atom. The largest absolute Gasteiger partial charge is 0.456 e. The van der Waals surface area contributed by atoms with E-state index in [-0.39, 0.29) is 24.4 Å². The average molecular weight is 490 g/mol. The van der Waals surface area contributed by atoms with E-state index in [1.165, 1.54) is 0 Å². The van der Waals surface area contributed by atoms with Gasteiger partial charge < -0.3 is 10.1 Å². The van der Waals surface area contributed by atoms with Crippen molar-refractivity contribution in [2.24, 2.45) is 0 Å². The highest BCUT2D eigenvalue weighted by Crippen LogP contribution is 2.29. The van der Waals surface area contributed by atoms with Gasteiger partial charge in [-0.1, -0.05) is 30.3 Å². The number of hydrogen-bond donors (Lipinski definition) is 3. The lowest BCUT2D eigenvalue weighted by atomic mass is 9.95. The number of benzene rings is 2. The molecule has 0 fully saturated rings. The van der Waals surface area contributed by atoms with Gasteiger partial charge in [-0.25, -0.2) is 17.9 Å². The summed E-state index contributed by atoms with van der Waals surface area (Å²) >= 11 is 0. The minimum atomic E-state index is -3.85. The Kier molecular flexibility index (Phi) is 9.34. The van der Waals surface area contributed by atoms with E-state index in [2.05, 4.69) is 15.4 Å². The molecule has 0 unspecified atom stereocenters. The van der Waals surface area contributed by atoms with Crippen LogP contribution in [0.3, 0.4) is 0 Å². The summed E-state index contributed by atoms with van der Waals surface area (Å²) in [6, 6.07) is 8.42. The van der Waals surface area contributed by atoms with E-state index in [4.69, 9.17) is 4.74 Å². The molecular formula is C24H31N3O6S. The third-order valence-electron chi connectivity index (χ3n) is 5.73. The summed E-state index contributed by atoms with van der Waals surface area (Å²) < 4.78 is 32.9. The number of sulfonamides is 1. The van der Waals surface area contributed by atoms with Crippen LogP contribution in [0, 0.1) is 34.6 Å². The van der Waals surface area contributed by atoms with Crippen LogP contribution in [0.25, 0.3) is 0 Å². The Morgan fingerprint density at radius 3 is 2.00 bits per heavy atom. The average Bonchev–Trinajstić information content (AvgIpc) is 2.79. The zero-order valence-corrected chi connectivity index (χ0v) is 20.9. The van der Waals surface area contributed by atoms with Gasteiger partial charge in [0, 0.05) is 13.1 Å². The fourth-order valence-electron chi connectivity index (χ4n) is 3.43. The van der Waals surface area contributed by atoms with Crippen LogP contribution in [0.15, 0.2) is 35.2 Å². The molecule has 10 heteroatoms. The molecule has 2 aromatic rings. The van der Waals surface area contributed by atoms with E-state index in [1.54, 1.807) is 13.8 Å². The second-order valence-electron chi connectivity index (χ2n) is 7.98. The molecule has 0 aliphatic carbocycles. The molecule has 0 atom stereocenters. The molecule has 34 heavy (non-hydrogen) atoms. The number of rotatable bonds is 9. The zero-order chi connectivity index (χ0) is 25.5. The van der Waals surface area contributed by atoms with Crippen LogP contribution in [-0.2, 0) is 30.9 Å². The standard InChI is InChI=1S/C24H31N3O6S/c1-15-16(2)18(4)23(19(5)17(15)3)34(31,32)26-12-11-22(29)33-14-21(28)27-24(30)25-13-20-9-7-6-8-10-20/h6-10,26H,11-14H2,1-5H3,(H2,25,27,28,30). The summed E-state index contributed by atoms with van der Waals surface area (Å²) in [5.74, 6) is -1.57. The fourth-order valence-corrected chi connectivity index (χ4v) is 5.06. The van der Waals surface area contributed by atoms with Crippen LogP contribution in [0.4, 0.5) is 4.79 Å². The molecule has 3 amide bonds. The van der Waals surface area contributed by atoms with Gasteiger partial charge in [-0.05, 0) is 68.0 Å². The molecule has 2 aromatic carbocycles. The van der Waals surface area contributed by atoms with E-state index < -0.39 is 34.5 Å². The number of esters is 1. The summed E-state index contributed by atoms with van der Waals surface area (Å²) in [4.78, 5) is 35.7. The van der Waals surface area contributed by atoms with E-state index in [0.717, 1.165) is 22.3 Å². The number of hydrogen-bond acceptors (Lipinski definition) is 6. The first-order valence-corrected chi connectivity index (χ1v) is 12.3. The molecule has 0 aliphatic rings. The molecule has 0 bridgehead atoms. The Balaban J connectivity index is 1.79. The lowest BCUT2D eigenvalue weighted by Gasteiger charge is -2.19. The maximum absolute atomic E-state index is 12.9. The highest BCUT2D eigenvalue weighted by Gasteiger charge is 2.23. The van der Waals surface area contributed by atoms with Gasteiger partial charge in [0.05, 0.1) is 11.3 Å². The van der Waals surface area contributed by atoms with E-state index in [0.29, 0.717) is 11.1 Å². The SMILES string of the molecule is Cc1c(C)c(C)c(S(=O)(=O)NCCC(=O)OCC(=O)NC(=O)NCc2ccccc2)c(C)c1C. The zero-order valence-electron chi connectivity index (χ0n) is 20.1. The van der Waals surface area contributed by atoms with Crippen molar-refractivity contribution in [2.75, 3.05) is 13.2 Å². The van der Waals surface area contributed by atoms with Crippen LogP contribution in [-0.4, -0.2) is 39.5 Å². The Labute approximate surface area is 200 Å². The molecule has 0 saturated carbocycles. The Bertz CT molecular complexity index is 1150. The van der Waals surface area contributed by atoms with Crippen LogP contribution in [0.2, 0.25) is 0 Å². The topological polar surface area (TPSA) is 131 Å². The molecule has 2 rings (SSSR count). The first-order valence-electron chi connectivity index (χ1n) is 10.8. The summed E-state index contributed by atoms with van der Waals surface area (Å²) in [6.07, 6.45) is -0.269. The summed E-state index contributed by atoms with van der Waals surface area (Å²) in [6.45, 7) is 8.61. The van der Waals surface area contributed by atoms with Crippen molar-refractivity contribution in [3.05, 3.63) is 63.7 Å². The second-order valence-corrected chi connectivity index (χ2v) is 9.68. The smallest absolute Gasteiger partial charge is 0.321 e. The minimum Gasteiger partial charge on any atom is -0.456 e. The van der Waals surface area contributed by atoms with E-state index in [9.17, 15) is 22.8 Å². The highest BCUT2D eigenvalue weighted by atomic mass is 32.2. The number of urea groups is 1. The van der Waals surface area contributed by atoms with Crippen molar-refractivity contribution in [1.82, 2.24) is 15.4 Å². The lowest BCUT2D eigenvalue weighted by Crippen LogP contribution is -2.41. The normalized spacial score (nSPS) is 11.1. The number of nitrogens with one attached hydrogen (secondary N) is 3. The van der Waals surface area contributed by atoms with Gasteiger partial charge in [-0.2, -0.15) is 0 Å². The third kappa shape index (κ3) is 7.13. The first-order chi connectivity index (χ1) is 15.9. The maximum Gasteiger partial charge on any atom is 0.321 e. The number of carbonyl (C=O) groups excluding carboxylic acids is 3. The third-order valence-corrected chi connectivity index (χ3v) is 7.47. The van der Waals surface area contributed by atoms with Crippen LogP contribution >= 0.6 is 0 Å². The molecule has 0 spiro atoms. The van der Waals surface area contributed by atoms with E-state index in [1.807, 2.05) is 51.1 Å². The molecule has 9 nitrogen and oxygen atoms in total. The Morgan fingerprint density at radius 1 is 0.853 bits per heavy atom. The van der Waals surface area contributed by atoms with Gasteiger partial charge in [0.15, 0.2) is 6.61 Å². The molecule has 0 heterocycles. The minimum absolute atomic E-state index is 0.189. The van der Waals surface area contributed by atoms with Crippen LogP contribution in [0.1, 0.15) is 39.8 Å². The van der Waals surface area contributed by atoms with Gasteiger partial charge in [0.25, 0.3) is 5.91 Å². The molecule has 3 N–H and O–H groups in total. The molecular weight excluding hydrogens is 458 g/mol. The Hall–Kier alpha value is -3.24. The van der Waals surface area contributed by atoms with Crippen LogP contribution < -0.4 is 15.4 Å². The molecule has 0 saturated heterocycles. The van der Waals surface area contributed by atoms with Crippen molar-refractivity contribution in [3.8, 4) is 0 Å². The van der Waals surface area contributed by atoms with Gasteiger partial charge in [-0.3, -0.25) is 14.9 Å². The van der Waals surface area contributed by atoms with Gasteiger partial charge >= 0.3 is 12.0 Å². The number of ether oxygens (including phenoxy) is 1. The van der Waals surface area contributed by atoms with Crippen molar-refractivity contribution in [3.63, 3.8) is 0 Å². The molecule has 0 aliphatic heterocycles. The van der Waals surface area contributed by atoms with Crippen LogP contribution in [0.5, 0.6) is 0 Å². The summed E-state index contributed by atoms with van der Waals surface area (Å²) in [5, 5.41) is 4.57. The predicted octanol–water partition coefficient (Wildman–Crippen LogP) is 2.47. The summed E-state index contributed by atoms with van der Waals surface area (Å²) in [7, 11) is -3.85. The monoisotopic (exact) mass is 489 g/mol. The quantitative estimate of drug-likeness (QED) is 0.464. The predicted molar refractivity (Wildman–Crippen MR) is 128 cm³/mol. The van der Waals surface area contributed by atoms with Crippen molar-refractivity contribution < 1.29 is 27.5 Å². The number of carbonyl (C=O) groups is 3. The fraction of sp³-hybridized carbons (Fsp3) is 0.375. The molecule has 0 radical (unpaired) electrons. The number of imide groups is 1. The van der Waals surface area contributed by atoms with Crippen molar-refractivity contribution in [1.29, 1.82) is 0 Å². The second kappa shape index (κ2) is 11.8. The van der Waals surface area contributed by atoms with Crippen molar-refractivity contribution >= 4 is 27.9 Å². The number of amides is 3. The van der Waals surface area contributed by atoms with Gasteiger partial charge in [-0.15, -0.1) is 0 Å².